The van der Waals surface area contributed by atoms with Gasteiger partial charge in [-0.3, -0.25) is 4.90 Å². The lowest BCUT2D eigenvalue weighted by Crippen LogP contribution is -2.37. The van der Waals surface area contributed by atoms with Crippen LogP contribution < -0.4 is 4.90 Å². The summed E-state index contributed by atoms with van der Waals surface area (Å²) in [6.45, 7) is 6.22. The van der Waals surface area contributed by atoms with E-state index in [4.69, 9.17) is 5.26 Å². The van der Waals surface area contributed by atoms with Gasteiger partial charge in [0.1, 0.15) is 0 Å². The zero-order chi connectivity index (χ0) is 14.7. The summed E-state index contributed by atoms with van der Waals surface area (Å²) in [5, 5.41) is 17.5. The third kappa shape index (κ3) is 3.33. The van der Waals surface area contributed by atoms with Gasteiger partial charge < -0.3 is 4.90 Å². The largest absolute Gasteiger partial charge is 0.354 e. The average molecular weight is 285 g/mol. The van der Waals surface area contributed by atoms with Crippen LogP contribution in [-0.2, 0) is 0 Å². The zero-order valence-electron chi connectivity index (χ0n) is 12.7. The molecule has 112 valence electrons. The summed E-state index contributed by atoms with van der Waals surface area (Å²) in [7, 11) is 0. The lowest BCUT2D eigenvalue weighted by Gasteiger charge is -2.27. The highest BCUT2D eigenvalue weighted by Gasteiger charge is 2.30. The number of rotatable bonds is 2. The van der Waals surface area contributed by atoms with Crippen LogP contribution in [0.1, 0.15) is 31.4 Å². The van der Waals surface area contributed by atoms with Gasteiger partial charge in [-0.05, 0) is 44.7 Å². The molecular formula is C16H23N5. The summed E-state index contributed by atoms with van der Waals surface area (Å²) in [4.78, 5) is 4.92. The second-order valence-corrected chi connectivity index (χ2v) is 6.20. The first-order valence-corrected chi connectivity index (χ1v) is 7.95. The molecule has 1 saturated heterocycles. The highest BCUT2D eigenvalue weighted by atomic mass is 15.3. The lowest BCUT2D eigenvalue weighted by atomic mass is 10.1. The number of hydrogen-bond donors (Lipinski definition) is 0. The van der Waals surface area contributed by atoms with Crippen molar-refractivity contribution in [1.29, 1.82) is 5.26 Å². The van der Waals surface area contributed by atoms with E-state index < -0.39 is 0 Å². The van der Waals surface area contributed by atoms with Gasteiger partial charge in [0.25, 0.3) is 0 Å². The molecule has 0 amide bonds. The van der Waals surface area contributed by atoms with E-state index in [1.165, 1.54) is 6.42 Å². The Bertz CT molecular complexity index is 506. The van der Waals surface area contributed by atoms with Crippen molar-refractivity contribution in [3.8, 4) is 6.07 Å². The molecule has 1 aliphatic heterocycles. The Morgan fingerprint density at radius 1 is 1.14 bits per heavy atom. The molecule has 2 heterocycles. The lowest BCUT2D eigenvalue weighted by molar-refractivity contribution is 0.210. The van der Waals surface area contributed by atoms with E-state index in [2.05, 4.69) is 32.1 Å². The van der Waals surface area contributed by atoms with Crippen molar-refractivity contribution >= 4 is 5.82 Å². The first-order chi connectivity index (χ1) is 10.3. The number of nitrogens with zero attached hydrogens (tertiary/aromatic N) is 5. The molecule has 2 atom stereocenters. The SMILES string of the molecule is Cc1ccc(N2CCCN(C3CCC(C#N)C3)CC2)nn1. The standard InChI is InChI=1S/C16H23N5/c1-13-3-6-16(19-18-13)21-8-2-7-20(9-10-21)15-5-4-14(11-15)12-17/h3,6,14-15H,2,4-5,7-11H2,1H3. The maximum Gasteiger partial charge on any atom is 0.151 e. The third-order valence-electron chi connectivity index (χ3n) is 4.74. The Hall–Kier alpha value is -1.67. The molecule has 0 bridgehead atoms. The van der Waals surface area contributed by atoms with Gasteiger partial charge in [-0.2, -0.15) is 10.4 Å². The monoisotopic (exact) mass is 285 g/mol. The van der Waals surface area contributed by atoms with Gasteiger partial charge in [0.05, 0.1) is 11.8 Å². The van der Waals surface area contributed by atoms with Crippen LogP contribution in [0.15, 0.2) is 12.1 Å². The Kier molecular flexibility index (Phi) is 4.35. The second-order valence-electron chi connectivity index (χ2n) is 6.20. The highest BCUT2D eigenvalue weighted by molar-refractivity contribution is 5.37. The van der Waals surface area contributed by atoms with Crippen LogP contribution in [0.2, 0.25) is 0 Å². The van der Waals surface area contributed by atoms with Gasteiger partial charge in [0.2, 0.25) is 0 Å². The summed E-state index contributed by atoms with van der Waals surface area (Å²) in [5.74, 6) is 1.26. The minimum atomic E-state index is 0.275. The van der Waals surface area contributed by atoms with Crippen molar-refractivity contribution in [3.63, 3.8) is 0 Å². The van der Waals surface area contributed by atoms with Gasteiger partial charge in [0, 0.05) is 38.1 Å². The molecule has 5 heteroatoms. The predicted octanol–water partition coefficient (Wildman–Crippen LogP) is 1.99. The smallest absolute Gasteiger partial charge is 0.151 e. The molecule has 0 radical (unpaired) electrons. The Morgan fingerprint density at radius 3 is 2.76 bits per heavy atom. The van der Waals surface area contributed by atoms with Crippen LogP contribution in [0.3, 0.4) is 0 Å². The van der Waals surface area contributed by atoms with Crippen LogP contribution in [-0.4, -0.2) is 47.3 Å². The summed E-state index contributed by atoms with van der Waals surface area (Å²) in [6, 6.07) is 7.14. The minimum absolute atomic E-state index is 0.275. The minimum Gasteiger partial charge on any atom is -0.354 e. The normalized spacial score (nSPS) is 27.3. The number of hydrogen-bond acceptors (Lipinski definition) is 5. The van der Waals surface area contributed by atoms with E-state index in [0.29, 0.717) is 6.04 Å². The van der Waals surface area contributed by atoms with E-state index in [1.54, 1.807) is 0 Å². The number of aromatic nitrogens is 2. The van der Waals surface area contributed by atoms with Gasteiger partial charge in [-0.25, -0.2) is 0 Å². The van der Waals surface area contributed by atoms with Gasteiger partial charge in [-0.15, -0.1) is 5.10 Å². The third-order valence-corrected chi connectivity index (χ3v) is 4.74. The fourth-order valence-corrected chi connectivity index (χ4v) is 3.50. The molecule has 5 nitrogen and oxygen atoms in total. The molecule has 1 aromatic rings. The fraction of sp³-hybridized carbons (Fsp3) is 0.688. The molecule has 2 unspecified atom stereocenters. The molecule has 0 aromatic carbocycles. The van der Waals surface area contributed by atoms with Crippen molar-refractivity contribution < 1.29 is 0 Å². The molecule has 2 aliphatic rings. The summed E-state index contributed by atoms with van der Waals surface area (Å²) >= 11 is 0. The van der Waals surface area contributed by atoms with E-state index >= 15 is 0 Å². The van der Waals surface area contributed by atoms with Gasteiger partial charge in [0.15, 0.2) is 5.82 Å². The maximum atomic E-state index is 9.06. The first kappa shape index (κ1) is 14.3. The number of anilines is 1. The molecule has 1 saturated carbocycles. The number of aryl methyl sites for hydroxylation is 1. The van der Waals surface area contributed by atoms with Gasteiger partial charge in [-0.1, -0.05) is 0 Å². The van der Waals surface area contributed by atoms with E-state index in [9.17, 15) is 0 Å². The quantitative estimate of drug-likeness (QED) is 0.831. The average Bonchev–Trinajstić information content (AvgIpc) is 2.85. The van der Waals surface area contributed by atoms with Gasteiger partial charge >= 0.3 is 0 Å². The maximum absolute atomic E-state index is 9.06. The summed E-state index contributed by atoms with van der Waals surface area (Å²) in [5.41, 5.74) is 0.962. The van der Waals surface area contributed by atoms with Crippen molar-refractivity contribution in [1.82, 2.24) is 15.1 Å². The molecule has 0 spiro atoms. The van der Waals surface area contributed by atoms with E-state index in [1.807, 2.05) is 13.0 Å². The van der Waals surface area contributed by atoms with Crippen LogP contribution in [0, 0.1) is 24.2 Å². The zero-order valence-corrected chi connectivity index (χ0v) is 12.7. The van der Waals surface area contributed by atoms with E-state index in [-0.39, 0.29) is 5.92 Å². The Morgan fingerprint density at radius 2 is 2.05 bits per heavy atom. The highest BCUT2D eigenvalue weighted by Crippen LogP contribution is 2.29. The van der Waals surface area contributed by atoms with Crippen LogP contribution >= 0.6 is 0 Å². The second kappa shape index (κ2) is 6.40. The van der Waals surface area contributed by atoms with E-state index in [0.717, 1.165) is 57.0 Å². The molecular weight excluding hydrogens is 262 g/mol. The van der Waals surface area contributed by atoms with Crippen molar-refractivity contribution in [2.24, 2.45) is 5.92 Å². The Labute approximate surface area is 126 Å². The number of nitriles is 1. The molecule has 0 N–H and O–H groups in total. The fourth-order valence-electron chi connectivity index (χ4n) is 3.50. The van der Waals surface area contributed by atoms with Crippen LogP contribution in [0.4, 0.5) is 5.82 Å². The first-order valence-electron chi connectivity index (χ1n) is 7.95. The van der Waals surface area contributed by atoms with Crippen molar-refractivity contribution in [2.45, 2.75) is 38.6 Å². The predicted molar refractivity (Wildman–Crippen MR) is 81.9 cm³/mol. The summed E-state index contributed by atoms with van der Waals surface area (Å²) < 4.78 is 0. The van der Waals surface area contributed by atoms with Crippen LogP contribution in [0.25, 0.3) is 0 Å². The molecule has 1 aliphatic carbocycles. The van der Waals surface area contributed by atoms with Crippen LogP contribution in [0.5, 0.6) is 0 Å². The van der Waals surface area contributed by atoms with Crippen molar-refractivity contribution in [2.75, 3.05) is 31.1 Å². The molecule has 1 aromatic heterocycles. The Balaban J connectivity index is 1.59. The molecule has 21 heavy (non-hydrogen) atoms. The van der Waals surface area contributed by atoms with Crippen molar-refractivity contribution in [3.05, 3.63) is 17.8 Å². The molecule has 3 rings (SSSR count). The topological polar surface area (TPSA) is 56.0 Å². The summed E-state index contributed by atoms with van der Waals surface area (Å²) in [6.07, 6.45) is 4.47. The molecule has 2 fully saturated rings.